The van der Waals surface area contributed by atoms with Crippen LogP contribution in [0.25, 0.3) is 21.8 Å². The minimum absolute atomic E-state index is 0.330. The van der Waals surface area contributed by atoms with Gasteiger partial charge in [-0.2, -0.15) is 9.46 Å². The number of rotatable bonds is 5. The number of nitrogens with zero attached hydrogens (tertiary/aromatic N) is 2. The summed E-state index contributed by atoms with van der Waals surface area (Å²) in [6.07, 6.45) is 5.32. The van der Waals surface area contributed by atoms with Gasteiger partial charge in [0.05, 0.1) is 11.0 Å². The summed E-state index contributed by atoms with van der Waals surface area (Å²) in [7, 11) is 0. The molecule has 6 atom stereocenters. The SMILES string of the molecule is O=C(On1cc2c3c(cccc31)[C@H]1CCCN[C@@H]1C2)C(O)C(O)C(=O)On1cc2c3c(cccc31)[C@H]1CCCN[C@@H]1C2. The Morgan fingerprint density at radius 1 is 0.738 bits per heavy atom. The predicted molar refractivity (Wildman–Crippen MR) is 154 cm³/mol. The van der Waals surface area contributed by atoms with Crippen LogP contribution in [0.3, 0.4) is 0 Å². The molecule has 8 rings (SSSR count). The average molecular weight is 571 g/mol. The number of aliphatic hydroxyl groups excluding tert-OH is 2. The zero-order valence-electron chi connectivity index (χ0n) is 23.2. The number of fused-ring (bicyclic) bond motifs is 4. The van der Waals surface area contributed by atoms with E-state index >= 15 is 0 Å². The van der Waals surface area contributed by atoms with Crippen LogP contribution < -0.4 is 20.3 Å². The molecule has 2 aromatic heterocycles. The van der Waals surface area contributed by atoms with E-state index < -0.39 is 24.1 Å². The van der Waals surface area contributed by atoms with Crippen LogP contribution in [0.15, 0.2) is 48.8 Å². The first-order chi connectivity index (χ1) is 20.5. The fourth-order valence-electron chi connectivity index (χ4n) is 7.92. The second-order valence-electron chi connectivity index (χ2n) is 12.2. The van der Waals surface area contributed by atoms with Crippen LogP contribution in [-0.2, 0) is 22.4 Å². The standard InChI is InChI=1S/C32H34N4O6/c37-29(31(39)41-35-15-17-13-23-19(7-3-11-33-23)21-5-1-9-25(35)27(17)21)30(38)32(40)42-36-16-18-14-24-20(8-4-12-34-24)22-6-2-10-26(36)28(18)22/h1-2,5-6,9-10,15-16,19-20,23-24,29-30,33-34,37-38H,3-4,7-8,11-14H2/t19-,20-,23-,24-,29?,30?/m1/s1. The third-order valence-electron chi connectivity index (χ3n) is 9.82. The summed E-state index contributed by atoms with van der Waals surface area (Å²) >= 11 is 0. The smallest absolute Gasteiger partial charge is 0.364 e. The van der Waals surface area contributed by atoms with Gasteiger partial charge < -0.3 is 30.5 Å². The molecular weight excluding hydrogens is 536 g/mol. The topological polar surface area (TPSA) is 127 Å². The van der Waals surface area contributed by atoms with Crippen LogP contribution >= 0.6 is 0 Å². The van der Waals surface area contributed by atoms with E-state index in [1.807, 2.05) is 24.3 Å². The van der Waals surface area contributed by atoms with Gasteiger partial charge in [-0.1, -0.05) is 24.3 Å². The van der Waals surface area contributed by atoms with Gasteiger partial charge in [0, 0.05) is 47.1 Å². The zero-order valence-corrected chi connectivity index (χ0v) is 23.2. The lowest BCUT2D eigenvalue weighted by Crippen LogP contribution is -2.46. The second kappa shape index (κ2) is 9.95. The van der Waals surface area contributed by atoms with Crippen molar-refractivity contribution in [1.82, 2.24) is 20.1 Å². The van der Waals surface area contributed by atoms with E-state index in [4.69, 9.17) is 9.68 Å². The maximum Gasteiger partial charge on any atom is 0.364 e. The highest BCUT2D eigenvalue weighted by atomic mass is 16.7. The van der Waals surface area contributed by atoms with Crippen LogP contribution in [0.5, 0.6) is 0 Å². The molecule has 2 fully saturated rings. The number of aliphatic hydroxyl groups is 2. The third-order valence-corrected chi connectivity index (χ3v) is 9.82. The Kier molecular flexibility index (Phi) is 6.15. The molecule has 2 saturated heterocycles. The monoisotopic (exact) mass is 570 g/mol. The van der Waals surface area contributed by atoms with Gasteiger partial charge >= 0.3 is 11.9 Å². The number of nitrogens with one attached hydrogen (secondary N) is 2. The lowest BCUT2D eigenvalue weighted by molar-refractivity contribution is -0.172. The number of benzene rings is 2. The Labute approximate surface area is 242 Å². The van der Waals surface area contributed by atoms with Gasteiger partial charge in [-0.05, 0) is 86.0 Å². The third kappa shape index (κ3) is 4.00. The van der Waals surface area contributed by atoms with E-state index in [1.54, 1.807) is 12.4 Å². The molecular formula is C32H34N4O6. The molecule has 4 aromatic rings. The first-order valence-electron chi connectivity index (χ1n) is 15.0. The highest BCUT2D eigenvalue weighted by Crippen LogP contribution is 2.42. The van der Waals surface area contributed by atoms with Crippen molar-refractivity contribution in [3.05, 3.63) is 71.0 Å². The lowest BCUT2D eigenvalue weighted by atomic mass is 9.76. The Hall–Kier alpha value is -3.70. The number of carbonyl (C=O) groups is 2. The molecule has 2 aliphatic carbocycles. The first-order valence-corrected chi connectivity index (χ1v) is 15.0. The van der Waals surface area contributed by atoms with E-state index in [0.717, 1.165) is 73.5 Å². The Morgan fingerprint density at radius 3 is 1.64 bits per heavy atom. The Morgan fingerprint density at radius 2 is 1.19 bits per heavy atom. The van der Waals surface area contributed by atoms with Crippen molar-refractivity contribution in [2.45, 2.75) is 74.7 Å². The number of hydrogen-bond acceptors (Lipinski definition) is 8. The number of carbonyl (C=O) groups excluding carboxylic acids is 2. The number of aromatic nitrogens is 2. The quantitative estimate of drug-likeness (QED) is 0.286. The van der Waals surface area contributed by atoms with Crippen molar-refractivity contribution in [2.24, 2.45) is 0 Å². The van der Waals surface area contributed by atoms with Crippen molar-refractivity contribution in [1.29, 1.82) is 0 Å². The second-order valence-corrected chi connectivity index (χ2v) is 12.2. The van der Waals surface area contributed by atoms with Gasteiger partial charge in [-0.3, -0.25) is 0 Å². The summed E-state index contributed by atoms with van der Waals surface area (Å²) < 4.78 is 2.68. The van der Waals surface area contributed by atoms with Crippen LogP contribution in [0.4, 0.5) is 0 Å². The van der Waals surface area contributed by atoms with Crippen LogP contribution in [0.2, 0.25) is 0 Å². The maximum atomic E-state index is 13.0. The summed E-state index contributed by atoms with van der Waals surface area (Å²) in [5.41, 5.74) is 6.00. The molecule has 0 radical (unpaired) electrons. The normalized spacial score (nSPS) is 25.9. The maximum absolute atomic E-state index is 13.0. The van der Waals surface area contributed by atoms with Gasteiger partial charge in [-0.25, -0.2) is 9.59 Å². The molecule has 0 saturated carbocycles. The molecule has 2 aromatic carbocycles. The number of hydrogen-bond donors (Lipinski definition) is 4. The highest BCUT2D eigenvalue weighted by Gasteiger charge is 2.38. The van der Waals surface area contributed by atoms with Gasteiger partial charge in [0.15, 0.2) is 12.2 Å². The lowest BCUT2D eigenvalue weighted by Gasteiger charge is -2.36. The molecule has 2 unspecified atom stereocenters. The molecule has 4 heterocycles. The summed E-state index contributed by atoms with van der Waals surface area (Å²) in [6.45, 7) is 1.98. The average Bonchev–Trinajstić information content (AvgIpc) is 3.55. The molecule has 218 valence electrons. The molecule has 2 aliphatic heterocycles. The van der Waals surface area contributed by atoms with E-state index in [-0.39, 0.29) is 0 Å². The van der Waals surface area contributed by atoms with Crippen LogP contribution in [0.1, 0.15) is 59.8 Å². The first kappa shape index (κ1) is 26.0. The molecule has 4 aliphatic rings. The summed E-state index contributed by atoms with van der Waals surface area (Å²) in [4.78, 5) is 37.0. The van der Waals surface area contributed by atoms with Crippen molar-refractivity contribution < 1.29 is 29.5 Å². The van der Waals surface area contributed by atoms with Gasteiger partial charge in [0.25, 0.3) is 0 Å². The summed E-state index contributed by atoms with van der Waals surface area (Å²) in [5, 5.41) is 30.7. The highest BCUT2D eigenvalue weighted by molar-refractivity contribution is 5.92. The van der Waals surface area contributed by atoms with Crippen molar-refractivity contribution in [3.8, 4) is 0 Å². The molecule has 42 heavy (non-hydrogen) atoms. The van der Waals surface area contributed by atoms with Crippen molar-refractivity contribution in [3.63, 3.8) is 0 Å². The molecule has 4 N–H and O–H groups in total. The van der Waals surface area contributed by atoms with E-state index in [0.29, 0.717) is 35.0 Å². The molecule has 0 spiro atoms. The molecule has 0 amide bonds. The van der Waals surface area contributed by atoms with E-state index in [1.165, 1.54) is 20.6 Å². The summed E-state index contributed by atoms with van der Waals surface area (Å²) in [6, 6.07) is 12.5. The Balaban J connectivity index is 1.01. The predicted octanol–water partition coefficient (Wildman–Crippen LogP) is 1.71. The van der Waals surface area contributed by atoms with Crippen molar-refractivity contribution >= 4 is 33.7 Å². The van der Waals surface area contributed by atoms with Gasteiger partial charge in [0.2, 0.25) is 0 Å². The van der Waals surface area contributed by atoms with Crippen LogP contribution in [0, 0.1) is 0 Å². The number of piperidine rings is 2. The Bertz CT molecular complexity index is 1600. The largest absolute Gasteiger partial charge is 0.379 e. The minimum atomic E-state index is -2.13. The van der Waals surface area contributed by atoms with Gasteiger partial charge in [0.1, 0.15) is 0 Å². The molecule has 10 nitrogen and oxygen atoms in total. The zero-order chi connectivity index (χ0) is 28.5. The minimum Gasteiger partial charge on any atom is -0.379 e. The van der Waals surface area contributed by atoms with Crippen LogP contribution in [-0.4, -0.2) is 69.0 Å². The summed E-state index contributed by atoms with van der Waals surface area (Å²) in [5.74, 6) is -1.49. The van der Waals surface area contributed by atoms with Crippen molar-refractivity contribution in [2.75, 3.05) is 13.1 Å². The molecule has 10 heteroatoms. The fraction of sp³-hybridized carbons (Fsp3) is 0.438. The fourth-order valence-corrected chi connectivity index (χ4v) is 7.92. The van der Waals surface area contributed by atoms with Gasteiger partial charge in [-0.15, -0.1) is 0 Å². The van der Waals surface area contributed by atoms with E-state index in [2.05, 4.69) is 22.8 Å². The van der Waals surface area contributed by atoms with E-state index in [9.17, 15) is 19.8 Å². The molecule has 0 bridgehead atoms.